The van der Waals surface area contributed by atoms with Crippen molar-refractivity contribution in [1.29, 1.82) is 0 Å². The maximum atomic E-state index is 12.5. The second kappa shape index (κ2) is 9.42. The third-order valence-corrected chi connectivity index (χ3v) is 7.06. The minimum absolute atomic E-state index is 0.0308. The van der Waals surface area contributed by atoms with E-state index in [0.717, 1.165) is 22.1 Å². The van der Waals surface area contributed by atoms with Crippen LogP contribution in [0.3, 0.4) is 0 Å². The van der Waals surface area contributed by atoms with Gasteiger partial charge in [0.15, 0.2) is 5.43 Å². The number of benzene rings is 3. The van der Waals surface area contributed by atoms with Crippen LogP contribution in [-0.2, 0) is 13.6 Å². The Balaban J connectivity index is 1.67. The lowest BCUT2D eigenvalue weighted by Crippen LogP contribution is -2.39. The average Bonchev–Trinajstić information content (AvgIpc) is 2.75. The Morgan fingerprint density at radius 3 is 2.65 bits per heavy atom. The van der Waals surface area contributed by atoms with Gasteiger partial charge in [-0.05, 0) is 68.9 Å². The van der Waals surface area contributed by atoms with E-state index >= 15 is 0 Å². The van der Waals surface area contributed by atoms with Gasteiger partial charge in [-0.1, -0.05) is 12.1 Å². The van der Waals surface area contributed by atoms with Crippen molar-refractivity contribution in [2.24, 2.45) is 0 Å². The predicted octanol–water partition coefficient (Wildman–Crippen LogP) is 5.35. The fourth-order valence-electron chi connectivity index (χ4n) is 3.96. The number of rotatable bonds is 7. The SMILES string of the molecule is CC(C)O[Si](C)(C)OCC(=O)Nc1cccc(-c2c3ccc(=O)cc-3oc3cc(O)ccc23)c1. The van der Waals surface area contributed by atoms with Crippen molar-refractivity contribution >= 4 is 31.1 Å². The average molecular weight is 478 g/mol. The number of fused-ring (bicyclic) bond motifs is 2. The minimum atomic E-state index is -2.40. The first kappa shape index (κ1) is 23.7. The van der Waals surface area contributed by atoms with Gasteiger partial charge in [-0.3, -0.25) is 9.59 Å². The third-order valence-electron chi connectivity index (χ3n) is 5.18. The molecule has 0 radical (unpaired) electrons. The minimum Gasteiger partial charge on any atom is -0.508 e. The number of hydrogen-bond acceptors (Lipinski definition) is 6. The molecule has 0 fully saturated rings. The largest absolute Gasteiger partial charge is 0.508 e. The summed E-state index contributed by atoms with van der Waals surface area (Å²) in [6, 6.07) is 16.9. The molecular weight excluding hydrogens is 450 g/mol. The zero-order valence-corrected chi connectivity index (χ0v) is 20.5. The second-order valence-electron chi connectivity index (χ2n) is 8.80. The van der Waals surface area contributed by atoms with Crippen LogP contribution in [0.2, 0.25) is 13.1 Å². The molecule has 0 spiro atoms. The molecule has 1 aliphatic carbocycles. The molecule has 0 bridgehead atoms. The fraction of sp³-hybridized carbons (Fsp3) is 0.231. The summed E-state index contributed by atoms with van der Waals surface area (Å²) in [4.78, 5) is 24.5. The first-order valence-corrected chi connectivity index (χ1v) is 13.8. The van der Waals surface area contributed by atoms with E-state index in [4.69, 9.17) is 13.3 Å². The summed E-state index contributed by atoms with van der Waals surface area (Å²) in [7, 11) is -2.40. The van der Waals surface area contributed by atoms with E-state index in [0.29, 0.717) is 17.0 Å². The number of carbonyl (C=O) groups excluding carboxylic acids is 1. The maximum absolute atomic E-state index is 12.5. The van der Waals surface area contributed by atoms with Gasteiger partial charge in [-0.2, -0.15) is 0 Å². The van der Waals surface area contributed by atoms with Gasteiger partial charge in [0, 0.05) is 40.4 Å². The highest BCUT2D eigenvalue weighted by Crippen LogP contribution is 2.41. The lowest BCUT2D eigenvalue weighted by molar-refractivity contribution is -0.118. The Bertz CT molecular complexity index is 1380. The summed E-state index contributed by atoms with van der Waals surface area (Å²) in [5.41, 5.74) is 3.30. The second-order valence-corrected chi connectivity index (χ2v) is 12.1. The molecular formula is C26H27NO6Si. The zero-order chi connectivity index (χ0) is 24.5. The fourth-order valence-corrected chi connectivity index (χ4v) is 5.64. The lowest BCUT2D eigenvalue weighted by atomic mass is 9.93. The first-order chi connectivity index (χ1) is 16.1. The Labute approximate surface area is 198 Å². The summed E-state index contributed by atoms with van der Waals surface area (Å²) in [6.45, 7) is 7.59. The van der Waals surface area contributed by atoms with E-state index in [1.54, 1.807) is 24.3 Å². The van der Waals surface area contributed by atoms with Gasteiger partial charge in [0.1, 0.15) is 23.7 Å². The van der Waals surface area contributed by atoms with Crippen LogP contribution in [-0.4, -0.2) is 32.3 Å². The molecule has 1 amide bonds. The molecule has 2 N–H and O–H groups in total. The highest BCUT2D eigenvalue weighted by Gasteiger charge is 2.27. The number of amides is 1. The van der Waals surface area contributed by atoms with E-state index in [-0.39, 0.29) is 29.8 Å². The Kier molecular flexibility index (Phi) is 6.56. The molecule has 4 rings (SSSR count). The molecule has 2 aliphatic rings. The molecule has 1 heterocycles. The molecule has 8 heteroatoms. The van der Waals surface area contributed by atoms with E-state index in [1.807, 2.05) is 45.1 Å². The van der Waals surface area contributed by atoms with Gasteiger partial charge >= 0.3 is 8.56 Å². The molecule has 34 heavy (non-hydrogen) atoms. The topological polar surface area (TPSA) is 98.0 Å². The van der Waals surface area contributed by atoms with Crippen molar-refractivity contribution in [2.45, 2.75) is 33.0 Å². The molecule has 0 aromatic heterocycles. The Morgan fingerprint density at radius 2 is 1.88 bits per heavy atom. The van der Waals surface area contributed by atoms with Gasteiger partial charge < -0.3 is 23.7 Å². The molecule has 7 nitrogen and oxygen atoms in total. The number of aromatic hydroxyl groups is 1. The van der Waals surface area contributed by atoms with E-state index in [2.05, 4.69) is 5.32 Å². The number of phenols is 1. The van der Waals surface area contributed by atoms with E-state index < -0.39 is 8.56 Å². The van der Waals surface area contributed by atoms with E-state index in [9.17, 15) is 14.7 Å². The molecule has 0 atom stereocenters. The van der Waals surface area contributed by atoms with Crippen molar-refractivity contribution in [2.75, 3.05) is 11.9 Å². The summed E-state index contributed by atoms with van der Waals surface area (Å²) in [5, 5.41) is 13.6. The normalized spacial score (nSPS) is 11.9. The molecule has 0 saturated heterocycles. The summed E-state index contributed by atoms with van der Waals surface area (Å²) in [6.07, 6.45) is 0.0308. The maximum Gasteiger partial charge on any atom is 0.332 e. The number of phenolic OH excluding ortho intramolecular Hbond substituents is 1. The van der Waals surface area contributed by atoms with Gasteiger partial charge in [-0.15, -0.1) is 0 Å². The Morgan fingerprint density at radius 1 is 1.09 bits per heavy atom. The molecule has 1 aliphatic heterocycles. The molecule has 2 aromatic carbocycles. The van der Waals surface area contributed by atoms with Crippen molar-refractivity contribution < 1.29 is 23.2 Å². The van der Waals surface area contributed by atoms with Crippen LogP contribution in [0.4, 0.5) is 5.69 Å². The van der Waals surface area contributed by atoms with Crippen LogP contribution in [0.5, 0.6) is 5.75 Å². The molecule has 0 saturated carbocycles. The van der Waals surface area contributed by atoms with Crippen molar-refractivity contribution in [1.82, 2.24) is 0 Å². The summed E-state index contributed by atoms with van der Waals surface area (Å²) >= 11 is 0. The van der Waals surface area contributed by atoms with Gasteiger partial charge in [0.25, 0.3) is 0 Å². The summed E-state index contributed by atoms with van der Waals surface area (Å²) in [5.74, 6) is 0.207. The van der Waals surface area contributed by atoms with Gasteiger partial charge in [-0.25, -0.2) is 0 Å². The lowest BCUT2D eigenvalue weighted by Gasteiger charge is -2.24. The van der Waals surface area contributed by atoms with Crippen molar-refractivity contribution in [3.63, 3.8) is 0 Å². The molecule has 0 unspecified atom stereocenters. The number of carbonyl (C=O) groups is 1. The van der Waals surface area contributed by atoms with Crippen LogP contribution in [0.25, 0.3) is 33.4 Å². The van der Waals surface area contributed by atoms with Gasteiger partial charge in [0.05, 0.1) is 0 Å². The smallest absolute Gasteiger partial charge is 0.332 e. The standard InChI is InChI=1S/C26H27NO6Si/c1-16(2)33-34(3,4)31-15-25(30)27-18-7-5-6-17(12-18)26-21-10-8-19(28)13-23(21)32-24-14-20(29)9-11-22(24)26/h5-14,16,28H,15H2,1-4H3,(H,27,30). The number of anilines is 1. The predicted molar refractivity (Wildman–Crippen MR) is 134 cm³/mol. The van der Waals surface area contributed by atoms with Crippen molar-refractivity contribution in [3.8, 4) is 28.2 Å². The van der Waals surface area contributed by atoms with Crippen LogP contribution < -0.4 is 10.7 Å². The van der Waals surface area contributed by atoms with Crippen LogP contribution >= 0.6 is 0 Å². The highest BCUT2D eigenvalue weighted by molar-refractivity contribution is 6.64. The van der Waals surface area contributed by atoms with Crippen LogP contribution in [0.15, 0.2) is 69.9 Å². The van der Waals surface area contributed by atoms with Crippen LogP contribution in [0.1, 0.15) is 13.8 Å². The zero-order valence-electron chi connectivity index (χ0n) is 19.5. The van der Waals surface area contributed by atoms with Crippen LogP contribution in [0, 0.1) is 0 Å². The quantitative estimate of drug-likeness (QED) is 0.275. The Hall–Kier alpha value is -3.46. The number of nitrogens with one attached hydrogen (secondary N) is 1. The summed E-state index contributed by atoms with van der Waals surface area (Å²) < 4.78 is 17.5. The molecule has 176 valence electrons. The third kappa shape index (κ3) is 5.36. The molecule has 2 aromatic rings. The van der Waals surface area contributed by atoms with Gasteiger partial charge in [0.2, 0.25) is 5.91 Å². The highest BCUT2D eigenvalue weighted by atomic mass is 28.4. The first-order valence-electron chi connectivity index (χ1n) is 11.0. The number of hydrogen-bond donors (Lipinski definition) is 2. The monoisotopic (exact) mass is 477 g/mol. The van der Waals surface area contributed by atoms with E-state index in [1.165, 1.54) is 18.2 Å². The van der Waals surface area contributed by atoms with Crippen molar-refractivity contribution in [3.05, 3.63) is 70.9 Å².